The fraction of sp³-hybridized carbons (Fsp3) is 0.143. The van der Waals surface area contributed by atoms with Crippen LogP contribution in [0.4, 0.5) is 5.69 Å². The Balaban J connectivity index is 1.76. The maximum atomic E-state index is 12.6. The highest BCUT2D eigenvalue weighted by Crippen LogP contribution is 2.30. The normalized spacial score (nSPS) is 12.3. The van der Waals surface area contributed by atoms with Crippen molar-refractivity contribution in [2.75, 3.05) is 5.32 Å². The number of halogens is 3. The number of nitrogens with one attached hydrogen (secondary N) is 3. The summed E-state index contributed by atoms with van der Waals surface area (Å²) in [4.78, 5) is 12.6. The summed E-state index contributed by atoms with van der Waals surface area (Å²) in [6.45, 7) is 1.83. The molecule has 0 spiro atoms. The first kappa shape index (κ1) is 21.7. The zero-order valence-corrected chi connectivity index (χ0v) is 18.5. The molecule has 0 heterocycles. The topological polar surface area (TPSA) is 53.2 Å². The van der Waals surface area contributed by atoms with Crippen LogP contribution in [0.2, 0.25) is 0 Å². The van der Waals surface area contributed by atoms with Gasteiger partial charge in [-0.25, -0.2) is 0 Å². The lowest BCUT2D eigenvalue weighted by molar-refractivity contribution is 0.0934. The molecule has 0 bridgehead atoms. The van der Waals surface area contributed by atoms with Crippen molar-refractivity contribution in [3.05, 3.63) is 77.9 Å². The second-order valence-corrected chi connectivity index (χ2v) is 9.17. The minimum absolute atomic E-state index is 0.211. The highest BCUT2D eigenvalue weighted by atomic mass is 35.6. The molecular formula is C21H18Cl3N3OS. The van der Waals surface area contributed by atoms with Gasteiger partial charge in [0.15, 0.2) is 5.11 Å². The summed E-state index contributed by atoms with van der Waals surface area (Å²) in [5.41, 5.74) is 2.10. The highest BCUT2D eigenvalue weighted by molar-refractivity contribution is 7.80. The van der Waals surface area contributed by atoms with E-state index in [0.29, 0.717) is 5.56 Å². The summed E-state index contributed by atoms with van der Waals surface area (Å²) in [5, 5.41) is 10.9. The third-order valence-corrected chi connectivity index (χ3v) is 5.18. The number of thiocarbonyl (C=S) groups is 1. The van der Waals surface area contributed by atoms with Gasteiger partial charge in [-0.15, -0.1) is 0 Å². The van der Waals surface area contributed by atoms with E-state index in [1.807, 2.05) is 61.5 Å². The van der Waals surface area contributed by atoms with Gasteiger partial charge in [-0.1, -0.05) is 89.4 Å². The Morgan fingerprint density at radius 2 is 1.59 bits per heavy atom. The molecule has 4 nitrogen and oxygen atoms in total. The maximum Gasteiger partial charge on any atom is 0.253 e. The molecule has 0 aliphatic carbocycles. The van der Waals surface area contributed by atoms with Crippen molar-refractivity contribution in [2.24, 2.45) is 0 Å². The lowest BCUT2D eigenvalue weighted by Gasteiger charge is -2.28. The number of amides is 1. The molecule has 0 aliphatic heterocycles. The molecule has 150 valence electrons. The average molecular weight is 467 g/mol. The van der Waals surface area contributed by atoms with Gasteiger partial charge in [0.2, 0.25) is 3.79 Å². The van der Waals surface area contributed by atoms with Crippen LogP contribution in [-0.2, 0) is 0 Å². The molecule has 3 aromatic rings. The molecule has 0 saturated carbocycles. The molecule has 0 saturated heterocycles. The van der Waals surface area contributed by atoms with Crippen molar-refractivity contribution in [3.8, 4) is 0 Å². The number of fused-ring (bicyclic) bond motifs is 1. The van der Waals surface area contributed by atoms with Crippen LogP contribution in [-0.4, -0.2) is 21.0 Å². The maximum absolute atomic E-state index is 12.6. The van der Waals surface area contributed by atoms with E-state index in [-0.39, 0.29) is 11.0 Å². The van der Waals surface area contributed by atoms with E-state index in [2.05, 4.69) is 16.0 Å². The van der Waals surface area contributed by atoms with Crippen LogP contribution in [0.15, 0.2) is 66.7 Å². The summed E-state index contributed by atoms with van der Waals surface area (Å²) in [5.74, 6) is -0.375. The summed E-state index contributed by atoms with van der Waals surface area (Å²) < 4.78 is -1.83. The molecule has 3 aromatic carbocycles. The first-order valence-corrected chi connectivity index (χ1v) is 10.3. The third-order valence-electron chi connectivity index (χ3n) is 4.31. The van der Waals surface area contributed by atoms with E-state index in [9.17, 15) is 4.79 Å². The van der Waals surface area contributed by atoms with E-state index in [0.717, 1.165) is 22.0 Å². The number of anilines is 1. The largest absolute Gasteiger partial charge is 0.339 e. The molecule has 0 aliphatic rings. The van der Waals surface area contributed by atoms with E-state index >= 15 is 0 Å². The van der Waals surface area contributed by atoms with Gasteiger partial charge < -0.3 is 16.0 Å². The monoisotopic (exact) mass is 465 g/mol. The number of benzene rings is 3. The molecule has 29 heavy (non-hydrogen) atoms. The van der Waals surface area contributed by atoms with Crippen LogP contribution in [0.25, 0.3) is 10.8 Å². The summed E-state index contributed by atoms with van der Waals surface area (Å²) in [6.07, 6.45) is -1.05. The second-order valence-electron chi connectivity index (χ2n) is 6.39. The Labute approximate surface area is 189 Å². The first-order valence-electron chi connectivity index (χ1n) is 8.74. The Morgan fingerprint density at radius 1 is 0.931 bits per heavy atom. The van der Waals surface area contributed by atoms with Crippen LogP contribution in [0, 0.1) is 6.92 Å². The number of carbonyl (C=O) groups is 1. The molecule has 0 radical (unpaired) electrons. The third kappa shape index (κ3) is 5.52. The van der Waals surface area contributed by atoms with E-state index in [1.165, 1.54) is 0 Å². The van der Waals surface area contributed by atoms with Gasteiger partial charge in [-0.2, -0.15) is 0 Å². The van der Waals surface area contributed by atoms with Crippen molar-refractivity contribution >= 4 is 74.5 Å². The van der Waals surface area contributed by atoms with Gasteiger partial charge in [-0.05, 0) is 42.2 Å². The number of aryl methyl sites for hydroxylation is 1. The van der Waals surface area contributed by atoms with Gasteiger partial charge in [0.25, 0.3) is 5.91 Å². The van der Waals surface area contributed by atoms with Crippen molar-refractivity contribution < 1.29 is 4.79 Å². The standard InChI is InChI=1S/C21H18Cl3N3OS/c1-13-7-2-4-10-15(13)18(28)26-19(21(22,23)24)27-20(29)25-17-12-6-9-14-8-3-5-11-16(14)17/h2-12,19H,1H3,(H,26,28)(H2,25,27,29). The average Bonchev–Trinajstić information content (AvgIpc) is 2.67. The fourth-order valence-corrected chi connectivity index (χ4v) is 3.42. The minimum Gasteiger partial charge on any atom is -0.339 e. The molecule has 3 N–H and O–H groups in total. The zero-order valence-electron chi connectivity index (χ0n) is 15.4. The van der Waals surface area contributed by atoms with Crippen LogP contribution < -0.4 is 16.0 Å². The lowest BCUT2D eigenvalue weighted by Crippen LogP contribution is -2.56. The first-order chi connectivity index (χ1) is 13.8. The number of carbonyl (C=O) groups excluding carboxylic acids is 1. The minimum atomic E-state index is -1.83. The zero-order chi connectivity index (χ0) is 21.0. The number of rotatable bonds is 4. The van der Waals surface area contributed by atoms with E-state index in [1.54, 1.807) is 12.1 Å². The molecule has 1 amide bonds. The lowest BCUT2D eigenvalue weighted by atomic mass is 10.1. The number of hydrogen-bond donors (Lipinski definition) is 3. The molecule has 8 heteroatoms. The smallest absolute Gasteiger partial charge is 0.253 e. The molecular weight excluding hydrogens is 449 g/mol. The quantitative estimate of drug-likeness (QED) is 0.268. The van der Waals surface area contributed by atoms with Crippen molar-refractivity contribution in [1.82, 2.24) is 10.6 Å². The molecule has 1 unspecified atom stereocenters. The van der Waals surface area contributed by atoms with Gasteiger partial charge >= 0.3 is 0 Å². The van der Waals surface area contributed by atoms with Crippen molar-refractivity contribution in [3.63, 3.8) is 0 Å². The summed E-state index contributed by atoms with van der Waals surface area (Å²) in [7, 11) is 0. The Bertz CT molecular complexity index is 1050. The summed E-state index contributed by atoms with van der Waals surface area (Å²) in [6, 6.07) is 20.9. The highest BCUT2D eigenvalue weighted by Gasteiger charge is 2.35. The van der Waals surface area contributed by atoms with Crippen LogP contribution in [0.3, 0.4) is 0 Å². The second kappa shape index (κ2) is 9.18. The van der Waals surface area contributed by atoms with Gasteiger partial charge in [0, 0.05) is 16.6 Å². The van der Waals surface area contributed by atoms with E-state index in [4.69, 9.17) is 47.0 Å². The van der Waals surface area contributed by atoms with Crippen LogP contribution in [0.1, 0.15) is 15.9 Å². The van der Waals surface area contributed by atoms with Crippen LogP contribution in [0.5, 0.6) is 0 Å². The summed E-state index contributed by atoms with van der Waals surface area (Å²) >= 11 is 23.6. The SMILES string of the molecule is Cc1ccccc1C(=O)NC(NC(=S)Nc1cccc2ccccc12)C(Cl)(Cl)Cl. The molecule has 1 atom stereocenters. The van der Waals surface area contributed by atoms with Crippen LogP contribution >= 0.6 is 47.0 Å². The fourth-order valence-electron chi connectivity index (χ4n) is 2.86. The number of alkyl halides is 3. The van der Waals surface area contributed by atoms with Crippen molar-refractivity contribution in [2.45, 2.75) is 16.9 Å². The Kier molecular flexibility index (Phi) is 6.85. The van der Waals surface area contributed by atoms with Crippen molar-refractivity contribution in [1.29, 1.82) is 0 Å². The molecule has 0 fully saturated rings. The van der Waals surface area contributed by atoms with E-state index < -0.39 is 9.96 Å². The Morgan fingerprint density at radius 3 is 2.31 bits per heavy atom. The Hall–Kier alpha value is -2.05. The predicted molar refractivity (Wildman–Crippen MR) is 126 cm³/mol. The van der Waals surface area contributed by atoms with Gasteiger partial charge in [0.1, 0.15) is 6.17 Å². The van der Waals surface area contributed by atoms with Gasteiger partial charge in [-0.3, -0.25) is 4.79 Å². The predicted octanol–water partition coefficient (Wildman–Crippen LogP) is 5.56. The molecule has 0 aromatic heterocycles. The van der Waals surface area contributed by atoms with Gasteiger partial charge in [0.05, 0.1) is 0 Å². The number of hydrogen-bond acceptors (Lipinski definition) is 2. The molecule has 3 rings (SSSR count).